The monoisotopic (exact) mass is 587 g/mol. The first-order chi connectivity index (χ1) is 20.8. The van der Waals surface area contributed by atoms with E-state index in [2.05, 4.69) is 0 Å². The lowest BCUT2D eigenvalue weighted by Gasteiger charge is -2.29. The van der Waals surface area contributed by atoms with E-state index in [1.807, 2.05) is 54.3 Å². The number of benzene rings is 2. The van der Waals surface area contributed by atoms with E-state index in [-0.39, 0.29) is 25.0 Å². The fourth-order valence-electron chi connectivity index (χ4n) is 6.60. The molecule has 8 heteroatoms. The molecule has 0 bridgehead atoms. The lowest BCUT2D eigenvalue weighted by atomic mass is 9.82. The Morgan fingerprint density at radius 1 is 0.814 bits per heavy atom. The van der Waals surface area contributed by atoms with Gasteiger partial charge in [0.05, 0.1) is 12.2 Å². The van der Waals surface area contributed by atoms with Gasteiger partial charge in [0.25, 0.3) is 5.91 Å². The van der Waals surface area contributed by atoms with Crippen LogP contribution in [0.4, 0.5) is 17.1 Å². The molecule has 2 atom stereocenters. The Morgan fingerprint density at radius 3 is 2.02 bits per heavy atom. The molecule has 43 heavy (non-hydrogen) atoms. The number of hydrogen-bond donors (Lipinski definition) is 2. The summed E-state index contributed by atoms with van der Waals surface area (Å²) < 4.78 is 0. The standard InChI is InChI=1S/C35H45N3O5/c1-26(12-8-11-23-39)35(43)30-24-29(37-22-10-5-3-7-14-33(37)41)19-20-31(30)38(34(35)42)25-27-15-17-28(18-16-27)36-21-9-4-2-6-13-32(36)40/h8,12,15-20,24,26,39,43H,2-7,9-11,13-14,21-23,25H2,1H3/b12-8+/t26-,35+/m1/s1. The van der Waals surface area contributed by atoms with Crippen LogP contribution >= 0.6 is 0 Å². The average Bonchev–Trinajstić information content (AvgIpc) is 3.20. The summed E-state index contributed by atoms with van der Waals surface area (Å²) in [6.07, 6.45) is 13.1. The van der Waals surface area contributed by atoms with Crippen molar-refractivity contribution in [1.82, 2.24) is 0 Å². The first-order valence-electron chi connectivity index (χ1n) is 16.0. The van der Waals surface area contributed by atoms with Gasteiger partial charge in [0.1, 0.15) is 0 Å². The van der Waals surface area contributed by atoms with Crippen LogP contribution in [0.25, 0.3) is 0 Å². The van der Waals surface area contributed by atoms with Gasteiger partial charge in [-0.05, 0) is 68.0 Å². The molecule has 2 aromatic carbocycles. The molecule has 0 radical (unpaired) electrons. The Labute approximate surface area is 255 Å². The van der Waals surface area contributed by atoms with Gasteiger partial charge < -0.3 is 24.9 Å². The van der Waals surface area contributed by atoms with Gasteiger partial charge in [0.15, 0.2) is 5.60 Å². The molecule has 3 heterocycles. The van der Waals surface area contributed by atoms with Gasteiger partial charge in [-0.15, -0.1) is 0 Å². The maximum absolute atomic E-state index is 14.1. The molecule has 0 saturated carbocycles. The lowest BCUT2D eigenvalue weighted by molar-refractivity contribution is -0.139. The normalized spacial score (nSPS) is 22.8. The molecule has 2 fully saturated rings. The van der Waals surface area contributed by atoms with Crippen molar-refractivity contribution < 1.29 is 24.6 Å². The summed E-state index contributed by atoms with van der Waals surface area (Å²) >= 11 is 0. The van der Waals surface area contributed by atoms with Crippen molar-refractivity contribution in [3.8, 4) is 0 Å². The summed E-state index contributed by atoms with van der Waals surface area (Å²) in [5.74, 6) is -0.755. The molecule has 2 N–H and O–H groups in total. The smallest absolute Gasteiger partial charge is 0.264 e. The molecule has 3 amide bonds. The highest BCUT2D eigenvalue weighted by Crippen LogP contribution is 2.47. The van der Waals surface area contributed by atoms with Crippen LogP contribution in [0.5, 0.6) is 0 Å². The molecule has 8 nitrogen and oxygen atoms in total. The fourth-order valence-corrected chi connectivity index (χ4v) is 6.60. The maximum atomic E-state index is 14.1. The minimum Gasteiger partial charge on any atom is -0.396 e. The quantitative estimate of drug-likeness (QED) is 0.392. The Kier molecular flexibility index (Phi) is 9.98. The molecule has 230 valence electrons. The molecule has 2 saturated heterocycles. The third-order valence-electron chi connectivity index (χ3n) is 9.18. The van der Waals surface area contributed by atoms with Gasteiger partial charge in [0, 0.05) is 55.4 Å². The summed E-state index contributed by atoms with van der Waals surface area (Å²) in [7, 11) is 0. The highest BCUT2D eigenvalue weighted by atomic mass is 16.3. The topological polar surface area (TPSA) is 101 Å². The Morgan fingerprint density at radius 2 is 1.40 bits per heavy atom. The van der Waals surface area contributed by atoms with E-state index in [1.165, 1.54) is 0 Å². The van der Waals surface area contributed by atoms with Crippen LogP contribution < -0.4 is 14.7 Å². The van der Waals surface area contributed by atoms with Crippen molar-refractivity contribution >= 4 is 34.8 Å². The van der Waals surface area contributed by atoms with E-state index < -0.39 is 17.4 Å². The van der Waals surface area contributed by atoms with E-state index in [9.17, 15) is 24.6 Å². The molecule has 0 aromatic heterocycles. The van der Waals surface area contributed by atoms with Crippen LogP contribution in [0.15, 0.2) is 54.6 Å². The van der Waals surface area contributed by atoms with Crippen LogP contribution in [-0.2, 0) is 26.5 Å². The van der Waals surface area contributed by atoms with Crippen molar-refractivity contribution in [2.24, 2.45) is 5.92 Å². The van der Waals surface area contributed by atoms with Crippen LogP contribution in [-0.4, -0.2) is 47.6 Å². The number of amides is 3. The Hall–Kier alpha value is -3.49. The summed E-state index contributed by atoms with van der Waals surface area (Å²) in [5.41, 5.74) is 1.76. The van der Waals surface area contributed by atoms with Gasteiger partial charge in [-0.25, -0.2) is 0 Å². The predicted molar refractivity (Wildman–Crippen MR) is 169 cm³/mol. The number of aliphatic hydroxyl groups excluding tert-OH is 1. The largest absolute Gasteiger partial charge is 0.396 e. The first kappa shape index (κ1) is 31.0. The summed E-state index contributed by atoms with van der Waals surface area (Å²) in [6.45, 7) is 3.39. The number of anilines is 3. The van der Waals surface area contributed by atoms with E-state index in [0.29, 0.717) is 49.3 Å². The Balaban J connectivity index is 1.45. The number of fused-ring (bicyclic) bond motifs is 1. The number of aliphatic hydroxyl groups is 2. The van der Waals surface area contributed by atoms with Gasteiger partial charge in [-0.1, -0.05) is 56.9 Å². The van der Waals surface area contributed by atoms with E-state index in [0.717, 1.165) is 62.6 Å². The third-order valence-corrected chi connectivity index (χ3v) is 9.18. The lowest BCUT2D eigenvalue weighted by Crippen LogP contribution is -2.44. The molecule has 0 spiro atoms. The highest BCUT2D eigenvalue weighted by molar-refractivity contribution is 6.08. The van der Waals surface area contributed by atoms with E-state index in [4.69, 9.17) is 0 Å². The molecule has 3 aliphatic heterocycles. The summed E-state index contributed by atoms with van der Waals surface area (Å²) in [6, 6.07) is 13.3. The number of carbonyl (C=O) groups is 3. The molecule has 2 aromatic rings. The molecular weight excluding hydrogens is 542 g/mol. The van der Waals surface area contributed by atoms with Gasteiger partial charge in [0.2, 0.25) is 11.8 Å². The van der Waals surface area contributed by atoms with Crippen molar-refractivity contribution in [3.05, 3.63) is 65.7 Å². The number of rotatable bonds is 8. The molecule has 0 unspecified atom stereocenters. The second kappa shape index (κ2) is 13.9. The predicted octanol–water partition coefficient (Wildman–Crippen LogP) is 5.59. The maximum Gasteiger partial charge on any atom is 0.264 e. The van der Waals surface area contributed by atoms with Gasteiger partial charge >= 0.3 is 0 Å². The van der Waals surface area contributed by atoms with Crippen molar-refractivity contribution in [2.45, 2.75) is 89.7 Å². The van der Waals surface area contributed by atoms with Crippen molar-refractivity contribution in [3.63, 3.8) is 0 Å². The zero-order valence-electron chi connectivity index (χ0n) is 25.3. The van der Waals surface area contributed by atoms with E-state index >= 15 is 0 Å². The first-order valence-corrected chi connectivity index (χ1v) is 16.0. The second-order valence-corrected chi connectivity index (χ2v) is 12.2. The molecule has 5 rings (SSSR count). The zero-order valence-corrected chi connectivity index (χ0v) is 25.3. The van der Waals surface area contributed by atoms with Crippen LogP contribution in [0, 0.1) is 5.92 Å². The number of nitrogens with zero attached hydrogens (tertiary/aromatic N) is 3. The van der Waals surface area contributed by atoms with Crippen molar-refractivity contribution in [2.75, 3.05) is 34.4 Å². The zero-order chi connectivity index (χ0) is 30.4. The summed E-state index contributed by atoms with van der Waals surface area (Å²) in [5, 5.41) is 21.4. The molecule has 0 aliphatic carbocycles. The van der Waals surface area contributed by atoms with Crippen molar-refractivity contribution in [1.29, 1.82) is 0 Å². The third kappa shape index (κ3) is 6.55. The minimum absolute atomic E-state index is 0.0153. The minimum atomic E-state index is -1.82. The van der Waals surface area contributed by atoms with Gasteiger partial charge in [-0.3, -0.25) is 14.4 Å². The fraction of sp³-hybridized carbons (Fsp3) is 0.514. The van der Waals surface area contributed by atoms with Crippen LogP contribution in [0.1, 0.15) is 88.7 Å². The highest BCUT2D eigenvalue weighted by Gasteiger charge is 2.52. The SMILES string of the molecule is C[C@H](/C=C/CCO)[C@@]1(O)C(=O)N(Cc2ccc(N3CCCCCCC3=O)cc2)c2ccc(N3CCCCCCC3=O)cc21. The number of carbonyl (C=O) groups excluding carboxylic acids is 3. The van der Waals surface area contributed by atoms with Crippen LogP contribution in [0.2, 0.25) is 0 Å². The number of hydrogen-bond acceptors (Lipinski definition) is 5. The Bertz CT molecular complexity index is 1340. The van der Waals surface area contributed by atoms with E-state index in [1.54, 1.807) is 22.0 Å². The molecular formula is C35H45N3O5. The molecule has 3 aliphatic rings. The van der Waals surface area contributed by atoms with Gasteiger partial charge in [-0.2, -0.15) is 0 Å². The van der Waals surface area contributed by atoms with Crippen LogP contribution in [0.3, 0.4) is 0 Å². The average molecular weight is 588 g/mol. The summed E-state index contributed by atoms with van der Waals surface area (Å²) in [4.78, 5) is 45.2. The second-order valence-electron chi connectivity index (χ2n) is 12.2.